The number of aromatic hydroxyl groups is 1. The Balaban J connectivity index is 2.36. The van der Waals surface area contributed by atoms with Gasteiger partial charge in [-0.15, -0.1) is 0 Å². The van der Waals surface area contributed by atoms with Crippen molar-refractivity contribution in [1.82, 2.24) is 0 Å². The summed E-state index contributed by atoms with van der Waals surface area (Å²) >= 11 is 0. The molecule has 23 heavy (non-hydrogen) atoms. The molecule has 124 valence electrons. The van der Waals surface area contributed by atoms with E-state index in [0.717, 1.165) is 11.1 Å². The molecule has 0 radical (unpaired) electrons. The van der Waals surface area contributed by atoms with E-state index in [0.29, 0.717) is 5.56 Å². The van der Waals surface area contributed by atoms with Crippen LogP contribution in [0.15, 0.2) is 41.3 Å². The molecule has 2 rings (SSSR count). The third-order valence-corrected chi connectivity index (χ3v) is 5.10. The molecule has 2 aromatic carbocycles. The van der Waals surface area contributed by atoms with Crippen LogP contribution in [0.1, 0.15) is 37.5 Å². The Morgan fingerprint density at radius 3 is 2.09 bits per heavy atom. The summed E-state index contributed by atoms with van der Waals surface area (Å²) in [7, 11) is -3.74. The first-order valence-corrected chi connectivity index (χ1v) is 8.92. The van der Waals surface area contributed by atoms with E-state index >= 15 is 0 Å². The zero-order chi connectivity index (χ0) is 17.4. The number of rotatable bonds is 3. The number of phenolic OH excluding ortho intramolecular Hbond substituents is 1. The minimum absolute atomic E-state index is 0.0400. The number of anilines is 1. The Morgan fingerprint density at radius 1 is 1.00 bits per heavy atom. The SMILES string of the molecule is Cc1cc(C)c(O)c(NS(=O)(=O)c2ccc(C(C)(C)C)cc2)c1. The van der Waals surface area contributed by atoms with Gasteiger partial charge in [-0.2, -0.15) is 0 Å². The van der Waals surface area contributed by atoms with Gasteiger partial charge in [0.1, 0.15) is 5.75 Å². The lowest BCUT2D eigenvalue weighted by Crippen LogP contribution is -2.15. The highest BCUT2D eigenvalue weighted by Gasteiger charge is 2.19. The summed E-state index contributed by atoms with van der Waals surface area (Å²) in [5.74, 6) is -0.0505. The zero-order valence-electron chi connectivity index (χ0n) is 14.1. The maximum Gasteiger partial charge on any atom is 0.262 e. The molecule has 5 heteroatoms. The van der Waals surface area contributed by atoms with Crippen molar-refractivity contribution in [2.75, 3.05) is 4.72 Å². The van der Waals surface area contributed by atoms with E-state index < -0.39 is 10.0 Å². The minimum Gasteiger partial charge on any atom is -0.505 e. The molecule has 0 aliphatic heterocycles. The number of nitrogens with one attached hydrogen (secondary N) is 1. The summed E-state index contributed by atoms with van der Waals surface area (Å²) in [5, 5.41) is 10.1. The molecule has 2 aromatic rings. The van der Waals surface area contributed by atoms with E-state index in [1.165, 1.54) is 0 Å². The van der Waals surface area contributed by atoms with Crippen molar-refractivity contribution in [2.24, 2.45) is 0 Å². The molecule has 0 saturated heterocycles. The second-order valence-corrected chi connectivity index (χ2v) is 8.54. The molecular weight excluding hydrogens is 310 g/mol. The Labute approximate surface area is 138 Å². The maximum absolute atomic E-state index is 12.5. The number of phenols is 1. The largest absolute Gasteiger partial charge is 0.505 e. The Hall–Kier alpha value is -2.01. The lowest BCUT2D eigenvalue weighted by atomic mass is 9.87. The van der Waals surface area contributed by atoms with Crippen LogP contribution in [0, 0.1) is 13.8 Å². The fourth-order valence-corrected chi connectivity index (χ4v) is 3.43. The van der Waals surface area contributed by atoms with Gasteiger partial charge in [-0.05, 0) is 54.2 Å². The fourth-order valence-electron chi connectivity index (χ4n) is 2.38. The maximum atomic E-state index is 12.5. The Morgan fingerprint density at radius 2 is 1.57 bits per heavy atom. The highest BCUT2D eigenvalue weighted by atomic mass is 32.2. The summed E-state index contributed by atoms with van der Waals surface area (Å²) in [5.41, 5.74) is 2.72. The van der Waals surface area contributed by atoms with E-state index in [-0.39, 0.29) is 21.7 Å². The molecule has 0 fully saturated rings. The van der Waals surface area contributed by atoms with Gasteiger partial charge in [0, 0.05) is 0 Å². The predicted molar refractivity (Wildman–Crippen MR) is 93.5 cm³/mol. The molecule has 0 spiro atoms. The van der Waals surface area contributed by atoms with Crippen molar-refractivity contribution < 1.29 is 13.5 Å². The van der Waals surface area contributed by atoms with Gasteiger partial charge in [0.2, 0.25) is 0 Å². The molecule has 0 aromatic heterocycles. The van der Waals surface area contributed by atoms with Crippen molar-refractivity contribution in [1.29, 1.82) is 0 Å². The van der Waals surface area contributed by atoms with Crippen LogP contribution < -0.4 is 4.72 Å². The molecule has 2 N–H and O–H groups in total. The normalized spacial score (nSPS) is 12.2. The summed E-state index contributed by atoms with van der Waals surface area (Å²) in [6.45, 7) is 9.80. The molecule has 0 heterocycles. The molecule has 0 aliphatic rings. The van der Waals surface area contributed by atoms with Gasteiger partial charge in [0.15, 0.2) is 0 Å². The molecule has 0 saturated carbocycles. The summed E-state index contributed by atoms with van der Waals surface area (Å²) < 4.78 is 27.5. The van der Waals surface area contributed by atoms with Gasteiger partial charge in [-0.25, -0.2) is 8.42 Å². The van der Waals surface area contributed by atoms with Crippen molar-refractivity contribution in [3.63, 3.8) is 0 Å². The third kappa shape index (κ3) is 3.85. The van der Waals surface area contributed by atoms with Crippen LogP contribution in [0.2, 0.25) is 0 Å². The van der Waals surface area contributed by atoms with Gasteiger partial charge < -0.3 is 5.11 Å². The standard InChI is InChI=1S/C18H23NO3S/c1-12-10-13(2)17(20)16(11-12)19-23(21,22)15-8-6-14(7-9-15)18(3,4)5/h6-11,19-20H,1-5H3. The van der Waals surface area contributed by atoms with E-state index in [9.17, 15) is 13.5 Å². The van der Waals surface area contributed by atoms with Gasteiger partial charge in [-0.3, -0.25) is 4.72 Å². The van der Waals surface area contributed by atoms with E-state index in [1.807, 2.05) is 19.1 Å². The highest BCUT2D eigenvalue weighted by Crippen LogP contribution is 2.31. The lowest BCUT2D eigenvalue weighted by molar-refractivity contribution is 0.473. The van der Waals surface area contributed by atoms with Crippen LogP contribution in [-0.4, -0.2) is 13.5 Å². The summed E-state index contributed by atoms with van der Waals surface area (Å²) in [4.78, 5) is 0.170. The van der Waals surface area contributed by atoms with Crippen molar-refractivity contribution in [3.05, 3.63) is 53.1 Å². The first-order chi connectivity index (χ1) is 10.5. The van der Waals surface area contributed by atoms with Crippen LogP contribution in [0.25, 0.3) is 0 Å². The van der Waals surface area contributed by atoms with Gasteiger partial charge in [0.05, 0.1) is 10.6 Å². The smallest absolute Gasteiger partial charge is 0.262 e. The third-order valence-electron chi connectivity index (χ3n) is 3.72. The van der Waals surface area contributed by atoms with Gasteiger partial charge >= 0.3 is 0 Å². The number of hydrogen-bond donors (Lipinski definition) is 2. The van der Waals surface area contributed by atoms with Crippen LogP contribution >= 0.6 is 0 Å². The highest BCUT2D eigenvalue weighted by molar-refractivity contribution is 7.92. The van der Waals surface area contributed by atoms with Crippen LogP contribution in [-0.2, 0) is 15.4 Å². The number of sulfonamides is 1. The Bertz CT molecular complexity index is 817. The molecule has 4 nitrogen and oxygen atoms in total. The van der Waals surface area contributed by atoms with Crippen LogP contribution in [0.5, 0.6) is 5.75 Å². The second kappa shape index (κ2) is 5.89. The Kier molecular flexibility index (Phi) is 4.44. The molecular formula is C18H23NO3S. The molecule has 0 atom stereocenters. The van der Waals surface area contributed by atoms with Crippen LogP contribution in [0.4, 0.5) is 5.69 Å². The lowest BCUT2D eigenvalue weighted by Gasteiger charge is -2.19. The van der Waals surface area contributed by atoms with Crippen molar-refractivity contribution >= 4 is 15.7 Å². The second-order valence-electron chi connectivity index (χ2n) is 6.86. The first kappa shape index (κ1) is 17.3. The van der Waals surface area contributed by atoms with E-state index in [4.69, 9.17) is 0 Å². The van der Waals surface area contributed by atoms with E-state index in [1.54, 1.807) is 31.2 Å². The molecule has 0 bridgehead atoms. The van der Waals surface area contributed by atoms with Gasteiger partial charge in [0.25, 0.3) is 10.0 Å². The average molecular weight is 333 g/mol. The molecule has 0 amide bonds. The summed E-state index contributed by atoms with van der Waals surface area (Å²) in [6.07, 6.45) is 0. The topological polar surface area (TPSA) is 66.4 Å². The molecule has 0 unspecified atom stereocenters. The average Bonchev–Trinajstić information content (AvgIpc) is 2.43. The quantitative estimate of drug-likeness (QED) is 0.831. The summed E-state index contributed by atoms with van der Waals surface area (Å²) in [6, 6.07) is 10.2. The number of benzene rings is 2. The molecule has 0 aliphatic carbocycles. The monoisotopic (exact) mass is 333 g/mol. The van der Waals surface area contributed by atoms with E-state index in [2.05, 4.69) is 25.5 Å². The first-order valence-electron chi connectivity index (χ1n) is 7.44. The van der Waals surface area contributed by atoms with Gasteiger partial charge in [-0.1, -0.05) is 39.0 Å². The minimum atomic E-state index is -3.74. The number of hydrogen-bond acceptors (Lipinski definition) is 3. The number of aryl methyl sites for hydroxylation is 2. The predicted octanol–water partition coefficient (Wildman–Crippen LogP) is 4.11. The zero-order valence-corrected chi connectivity index (χ0v) is 15.0. The fraction of sp³-hybridized carbons (Fsp3) is 0.333. The van der Waals surface area contributed by atoms with Crippen LogP contribution in [0.3, 0.4) is 0 Å². The van der Waals surface area contributed by atoms with Crippen molar-refractivity contribution in [3.8, 4) is 5.75 Å². The van der Waals surface area contributed by atoms with Crippen molar-refractivity contribution in [2.45, 2.75) is 44.9 Å².